The van der Waals surface area contributed by atoms with Crippen LogP contribution in [0.1, 0.15) is 26.5 Å². The van der Waals surface area contributed by atoms with Gasteiger partial charge in [0.05, 0.1) is 17.7 Å². The Hall–Kier alpha value is -1.22. The van der Waals surface area contributed by atoms with Crippen molar-refractivity contribution in [1.82, 2.24) is 14.5 Å². The standard InChI is InChI=1S/C14H18IN3O3/c1-14(2,3)21-13(19)18-7-9(15)11-10(5-6-20-4)16-8-17-12(11)18/h7-8H,5-6H2,1-4H3. The third-order valence-electron chi connectivity index (χ3n) is 2.75. The molecule has 21 heavy (non-hydrogen) atoms. The SMILES string of the molecule is COCCc1ncnc2c1c(I)cn2C(=O)OC(C)(C)C. The molecule has 2 aromatic rings. The Bertz CT molecular complexity index is 661. The number of fused-ring (bicyclic) bond motifs is 1. The second kappa shape index (κ2) is 6.27. The van der Waals surface area contributed by atoms with Crippen molar-refractivity contribution in [2.24, 2.45) is 0 Å². The molecule has 0 aliphatic rings. The molecule has 0 atom stereocenters. The molecule has 0 radical (unpaired) electrons. The van der Waals surface area contributed by atoms with Crippen LogP contribution in [0.2, 0.25) is 0 Å². The zero-order valence-corrected chi connectivity index (χ0v) is 14.7. The summed E-state index contributed by atoms with van der Waals surface area (Å²) in [5, 5.41) is 0.876. The van der Waals surface area contributed by atoms with E-state index in [1.54, 1.807) is 13.3 Å². The summed E-state index contributed by atoms with van der Waals surface area (Å²) in [7, 11) is 1.65. The molecule has 0 aromatic carbocycles. The van der Waals surface area contributed by atoms with Crippen LogP contribution in [0.3, 0.4) is 0 Å². The van der Waals surface area contributed by atoms with Gasteiger partial charge in [-0.2, -0.15) is 0 Å². The molecule has 0 unspecified atom stereocenters. The Kier molecular flexibility index (Phi) is 4.82. The number of hydrogen-bond acceptors (Lipinski definition) is 5. The molecule has 0 spiro atoms. The van der Waals surface area contributed by atoms with Gasteiger partial charge in [-0.15, -0.1) is 0 Å². The maximum atomic E-state index is 12.3. The van der Waals surface area contributed by atoms with Crippen molar-refractivity contribution < 1.29 is 14.3 Å². The lowest BCUT2D eigenvalue weighted by molar-refractivity contribution is 0.0543. The van der Waals surface area contributed by atoms with Gasteiger partial charge in [0.2, 0.25) is 0 Å². The number of ether oxygens (including phenoxy) is 2. The minimum atomic E-state index is -0.551. The lowest BCUT2D eigenvalue weighted by Gasteiger charge is -2.19. The third kappa shape index (κ3) is 3.70. The molecule has 7 heteroatoms. The highest BCUT2D eigenvalue weighted by Crippen LogP contribution is 2.25. The number of nitrogens with zero attached hydrogens (tertiary/aromatic N) is 3. The predicted molar refractivity (Wildman–Crippen MR) is 87.5 cm³/mol. The van der Waals surface area contributed by atoms with Crippen LogP contribution in [0.5, 0.6) is 0 Å². The summed E-state index contributed by atoms with van der Waals surface area (Å²) in [6, 6.07) is 0. The van der Waals surface area contributed by atoms with Crippen molar-refractivity contribution in [3.05, 3.63) is 21.8 Å². The van der Waals surface area contributed by atoms with Gasteiger partial charge in [-0.05, 0) is 43.4 Å². The van der Waals surface area contributed by atoms with Gasteiger partial charge < -0.3 is 9.47 Å². The first-order chi connectivity index (χ1) is 9.83. The van der Waals surface area contributed by atoms with Crippen LogP contribution in [0.15, 0.2) is 12.5 Å². The normalized spacial score (nSPS) is 11.9. The van der Waals surface area contributed by atoms with Crippen LogP contribution in [-0.4, -0.2) is 39.9 Å². The molecule has 0 aliphatic heterocycles. The molecule has 0 aliphatic carbocycles. The van der Waals surface area contributed by atoms with Crippen molar-refractivity contribution in [2.45, 2.75) is 32.8 Å². The van der Waals surface area contributed by atoms with E-state index in [0.717, 1.165) is 14.7 Å². The second-order valence-corrected chi connectivity index (χ2v) is 6.75. The quantitative estimate of drug-likeness (QED) is 0.738. The van der Waals surface area contributed by atoms with E-state index < -0.39 is 11.7 Å². The van der Waals surface area contributed by atoms with Crippen molar-refractivity contribution >= 4 is 39.7 Å². The molecule has 0 amide bonds. The Balaban J connectivity index is 2.46. The van der Waals surface area contributed by atoms with Crippen molar-refractivity contribution in [3.63, 3.8) is 0 Å². The highest BCUT2D eigenvalue weighted by atomic mass is 127. The van der Waals surface area contributed by atoms with E-state index in [9.17, 15) is 4.79 Å². The number of halogens is 1. The molecular weight excluding hydrogens is 385 g/mol. The molecule has 0 bridgehead atoms. The Labute approximate surface area is 137 Å². The molecule has 0 N–H and O–H groups in total. The molecular formula is C14H18IN3O3. The third-order valence-corrected chi connectivity index (χ3v) is 3.57. The van der Waals surface area contributed by atoms with Gasteiger partial charge in [-0.25, -0.2) is 19.3 Å². The molecule has 2 rings (SSSR count). The summed E-state index contributed by atoms with van der Waals surface area (Å²) in [6.45, 7) is 6.07. The van der Waals surface area contributed by atoms with Crippen molar-refractivity contribution in [2.75, 3.05) is 13.7 Å². The summed E-state index contributed by atoms with van der Waals surface area (Å²) in [6.07, 6.45) is 3.42. The Morgan fingerprint density at radius 3 is 2.71 bits per heavy atom. The number of carbonyl (C=O) groups excluding carboxylic acids is 1. The molecule has 2 aromatic heterocycles. The van der Waals surface area contributed by atoms with Gasteiger partial charge in [0.1, 0.15) is 11.9 Å². The molecule has 6 nitrogen and oxygen atoms in total. The fourth-order valence-electron chi connectivity index (χ4n) is 1.92. The van der Waals surface area contributed by atoms with Gasteiger partial charge in [0.25, 0.3) is 0 Å². The minimum absolute atomic E-state index is 0.438. The summed E-state index contributed by atoms with van der Waals surface area (Å²) in [5.74, 6) is 0. The van der Waals surface area contributed by atoms with E-state index in [2.05, 4.69) is 32.6 Å². The average Bonchev–Trinajstić information content (AvgIpc) is 2.73. The Morgan fingerprint density at radius 2 is 2.10 bits per heavy atom. The predicted octanol–water partition coefficient (Wildman–Crippen LogP) is 3.01. The lowest BCUT2D eigenvalue weighted by atomic mass is 10.2. The second-order valence-electron chi connectivity index (χ2n) is 5.59. The van der Waals surface area contributed by atoms with Crippen molar-refractivity contribution in [3.8, 4) is 0 Å². The summed E-state index contributed by atoms with van der Waals surface area (Å²) in [4.78, 5) is 20.8. The summed E-state index contributed by atoms with van der Waals surface area (Å²) < 4.78 is 12.8. The first-order valence-electron chi connectivity index (χ1n) is 6.56. The number of aromatic nitrogens is 3. The highest BCUT2D eigenvalue weighted by Gasteiger charge is 2.22. The largest absolute Gasteiger partial charge is 0.443 e. The van der Waals surface area contributed by atoms with E-state index in [1.807, 2.05) is 20.8 Å². The van der Waals surface area contributed by atoms with Crippen LogP contribution in [-0.2, 0) is 15.9 Å². The minimum Gasteiger partial charge on any atom is -0.443 e. The van der Waals surface area contributed by atoms with Crippen LogP contribution in [0, 0.1) is 3.57 Å². The van der Waals surface area contributed by atoms with Crippen LogP contribution < -0.4 is 0 Å². The van der Waals surface area contributed by atoms with Crippen LogP contribution >= 0.6 is 22.6 Å². The van der Waals surface area contributed by atoms with E-state index in [-0.39, 0.29) is 0 Å². The summed E-state index contributed by atoms with van der Waals surface area (Å²) >= 11 is 2.18. The van der Waals surface area contributed by atoms with Crippen LogP contribution in [0.4, 0.5) is 4.79 Å². The molecule has 114 valence electrons. The smallest absolute Gasteiger partial charge is 0.420 e. The van der Waals surface area contributed by atoms with E-state index in [4.69, 9.17) is 9.47 Å². The first kappa shape index (κ1) is 16.2. The molecule has 0 fully saturated rings. The van der Waals surface area contributed by atoms with Crippen molar-refractivity contribution in [1.29, 1.82) is 0 Å². The number of hydrogen-bond donors (Lipinski definition) is 0. The highest BCUT2D eigenvalue weighted by molar-refractivity contribution is 14.1. The monoisotopic (exact) mass is 403 g/mol. The van der Waals surface area contributed by atoms with Gasteiger partial charge in [0, 0.05) is 23.3 Å². The lowest BCUT2D eigenvalue weighted by Crippen LogP contribution is -2.26. The fraction of sp³-hybridized carbons (Fsp3) is 0.500. The van der Waals surface area contributed by atoms with Gasteiger partial charge in [-0.1, -0.05) is 0 Å². The topological polar surface area (TPSA) is 66.2 Å². The fourth-order valence-corrected chi connectivity index (χ4v) is 2.75. The van der Waals surface area contributed by atoms with E-state index in [0.29, 0.717) is 18.7 Å². The zero-order chi connectivity index (χ0) is 15.6. The Morgan fingerprint density at radius 1 is 1.38 bits per heavy atom. The first-order valence-corrected chi connectivity index (χ1v) is 7.64. The number of methoxy groups -OCH3 is 1. The summed E-state index contributed by atoms with van der Waals surface area (Å²) in [5.41, 5.74) is 0.883. The maximum Gasteiger partial charge on any atom is 0.420 e. The van der Waals surface area contributed by atoms with Gasteiger partial charge in [0.15, 0.2) is 5.65 Å². The van der Waals surface area contributed by atoms with Crippen LogP contribution in [0.25, 0.3) is 11.0 Å². The average molecular weight is 403 g/mol. The number of carbonyl (C=O) groups is 1. The van der Waals surface area contributed by atoms with E-state index in [1.165, 1.54) is 10.9 Å². The molecule has 0 saturated carbocycles. The van der Waals surface area contributed by atoms with E-state index >= 15 is 0 Å². The zero-order valence-electron chi connectivity index (χ0n) is 12.5. The van der Waals surface area contributed by atoms with Gasteiger partial charge >= 0.3 is 6.09 Å². The molecule has 0 saturated heterocycles. The maximum absolute atomic E-state index is 12.3. The van der Waals surface area contributed by atoms with Gasteiger partial charge in [-0.3, -0.25) is 0 Å². The molecule has 2 heterocycles. The number of rotatable bonds is 3.